The smallest absolute Gasteiger partial charge is 0.379 e. The Hall–Kier alpha value is -1.69. The van der Waals surface area contributed by atoms with Crippen molar-refractivity contribution in [3.8, 4) is 0 Å². The van der Waals surface area contributed by atoms with Crippen LogP contribution in [0, 0.1) is 0 Å². The van der Waals surface area contributed by atoms with Gasteiger partial charge in [-0.25, -0.2) is 13.2 Å². The number of esters is 1. The number of hydrogen-bond acceptors (Lipinski definition) is 5. The number of rotatable bonds is 5. The molecule has 0 aliphatic heterocycles. The van der Waals surface area contributed by atoms with Crippen LogP contribution in [-0.2, 0) is 19.4 Å². The van der Waals surface area contributed by atoms with E-state index in [0.717, 1.165) is 6.42 Å². The van der Waals surface area contributed by atoms with Crippen LogP contribution in [0.2, 0.25) is 0 Å². The summed E-state index contributed by atoms with van der Waals surface area (Å²) >= 11 is 0. The third-order valence-electron chi connectivity index (χ3n) is 3.39. The first-order valence-electron chi connectivity index (χ1n) is 6.53. The molecule has 5 nitrogen and oxygen atoms in total. The Kier molecular flexibility index (Phi) is 4.23. The van der Waals surface area contributed by atoms with Crippen LogP contribution < -0.4 is 0 Å². The predicted molar refractivity (Wildman–Crippen MR) is 72.2 cm³/mol. The highest BCUT2D eigenvalue weighted by Gasteiger charge is 2.36. The number of Topliss-reactive ketones (excluding diaryl/α,β-unsaturated/α-hetero) is 1. The summed E-state index contributed by atoms with van der Waals surface area (Å²) < 4.78 is 29.5. The summed E-state index contributed by atoms with van der Waals surface area (Å²) in [5.41, 5.74) is -0.0992. The highest BCUT2D eigenvalue weighted by molar-refractivity contribution is 7.92. The minimum absolute atomic E-state index is 0.0669. The van der Waals surface area contributed by atoms with E-state index in [2.05, 4.69) is 4.74 Å². The van der Waals surface area contributed by atoms with Gasteiger partial charge in [0, 0.05) is 5.56 Å². The Bertz CT molecular complexity index is 629. The summed E-state index contributed by atoms with van der Waals surface area (Å²) in [5, 5.41) is -0.446. The second-order valence-corrected chi connectivity index (χ2v) is 6.84. The SMILES string of the molecule is CCOC(=O)C(=O)c1ccccc1S(=O)(=O)C1CCC1. The first-order chi connectivity index (χ1) is 9.48. The molecule has 0 aromatic heterocycles. The average molecular weight is 296 g/mol. The monoisotopic (exact) mass is 296 g/mol. The molecule has 0 heterocycles. The molecule has 0 bridgehead atoms. The average Bonchev–Trinajstić information content (AvgIpc) is 2.35. The molecule has 0 N–H and O–H groups in total. The molecule has 1 aromatic rings. The Morgan fingerprint density at radius 2 is 1.90 bits per heavy atom. The summed E-state index contributed by atoms with van der Waals surface area (Å²) in [6.07, 6.45) is 2.08. The maximum Gasteiger partial charge on any atom is 0.379 e. The van der Waals surface area contributed by atoms with Crippen molar-refractivity contribution in [3.05, 3.63) is 29.8 Å². The van der Waals surface area contributed by atoms with Gasteiger partial charge in [-0.05, 0) is 31.9 Å². The van der Waals surface area contributed by atoms with Gasteiger partial charge in [0.05, 0.1) is 16.8 Å². The highest BCUT2D eigenvalue weighted by atomic mass is 32.2. The van der Waals surface area contributed by atoms with Crippen molar-refractivity contribution in [2.24, 2.45) is 0 Å². The topological polar surface area (TPSA) is 77.5 Å². The fraction of sp³-hybridized carbons (Fsp3) is 0.429. The molecule has 6 heteroatoms. The van der Waals surface area contributed by atoms with Crippen molar-refractivity contribution in [3.63, 3.8) is 0 Å². The molecule has 0 unspecified atom stereocenters. The Balaban J connectivity index is 2.41. The number of sulfone groups is 1. The van der Waals surface area contributed by atoms with E-state index in [-0.39, 0.29) is 17.1 Å². The second-order valence-electron chi connectivity index (χ2n) is 4.64. The summed E-state index contributed by atoms with van der Waals surface area (Å²) in [4.78, 5) is 23.4. The molecule has 2 rings (SSSR count). The van der Waals surface area contributed by atoms with Crippen LogP contribution in [0.4, 0.5) is 0 Å². The van der Waals surface area contributed by atoms with Crippen molar-refractivity contribution in [2.75, 3.05) is 6.61 Å². The number of ketones is 1. The summed E-state index contributed by atoms with van der Waals surface area (Å²) in [7, 11) is -3.55. The van der Waals surface area contributed by atoms with Crippen molar-refractivity contribution in [2.45, 2.75) is 36.3 Å². The third-order valence-corrected chi connectivity index (χ3v) is 5.71. The van der Waals surface area contributed by atoms with Gasteiger partial charge in [-0.1, -0.05) is 18.6 Å². The molecule has 108 valence electrons. The fourth-order valence-corrected chi connectivity index (χ4v) is 4.12. The number of ether oxygens (including phenoxy) is 1. The van der Waals surface area contributed by atoms with Crippen LogP contribution in [-0.4, -0.2) is 32.0 Å². The molecule has 1 aliphatic rings. The lowest BCUT2D eigenvalue weighted by Crippen LogP contribution is -2.30. The van der Waals surface area contributed by atoms with E-state index in [1.807, 2.05) is 0 Å². The molecule has 1 aliphatic carbocycles. The van der Waals surface area contributed by atoms with E-state index in [1.165, 1.54) is 18.2 Å². The molecule has 1 saturated carbocycles. The van der Waals surface area contributed by atoms with E-state index >= 15 is 0 Å². The normalized spacial score (nSPS) is 15.4. The van der Waals surface area contributed by atoms with E-state index in [1.54, 1.807) is 13.0 Å². The zero-order valence-corrected chi connectivity index (χ0v) is 12.0. The van der Waals surface area contributed by atoms with Crippen molar-refractivity contribution >= 4 is 21.6 Å². The first kappa shape index (κ1) is 14.7. The molecule has 20 heavy (non-hydrogen) atoms. The maximum atomic E-state index is 12.4. The lowest BCUT2D eigenvalue weighted by atomic mass is 10.00. The van der Waals surface area contributed by atoms with E-state index in [4.69, 9.17) is 0 Å². The summed E-state index contributed by atoms with van der Waals surface area (Å²) in [5.74, 6) is -1.94. The third kappa shape index (κ3) is 2.60. The molecular formula is C14H16O5S. The van der Waals surface area contributed by atoms with Gasteiger partial charge in [-0.15, -0.1) is 0 Å². The zero-order valence-electron chi connectivity index (χ0n) is 11.2. The predicted octanol–water partition coefficient (Wildman–Crippen LogP) is 1.76. The van der Waals surface area contributed by atoms with Crippen molar-refractivity contribution in [1.82, 2.24) is 0 Å². The van der Waals surface area contributed by atoms with Gasteiger partial charge < -0.3 is 4.74 Å². The minimum Gasteiger partial charge on any atom is -0.460 e. The van der Waals surface area contributed by atoms with Crippen LogP contribution in [0.5, 0.6) is 0 Å². The molecule has 0 atom stereocenters. The zero-order chi connectivity index (χ0) is 14.8. The quantitative estimate of drug-likeness (QED) is 0.470. The van der Waals surface area contributed by atoms with Gasteiger partial charge in [-0.2, -0.15) is 0 Å². The van der Waals surface area contributed by atoms with Crippen LogP contribution in [0.25, 0.3) is 0 Å². The number of benzene rings is 1. The molecule has 1 fully saturated rings. The van der Waals surface area contributed by atoms with Crippen LogP contribution in [0.15, 0.2) is 29.2 Å². The fourth-order valence-electron chi connectivity index (χ4n) is 2.07. The first-order valence-corrected chi connectivity index (χ1v) is 8.07. The van der Waals surface area contributed by atoms with Crippen LogP contribution in [0.3, 0.4) is 0 Å². The number of carbonyl (C=O) groups is 2. The molecule has 0 radical (unpaired) electrons. The van der Waals surface area contributed by atoms with Gasteiger partial charge >= 0.3 is 5.97 Å². The Morgan fingerprint density at radius 1 is 1.25 bits per heavy atom. The van der Waals surface area contributed by atoms with Crippen LogP contribution in [0.1, 0.15) is 36.5 Å². The van der Waals surface area contributed by atoms with Gasteiger partial charge in [-0.3, -0.25) is 4.79 Å². The lowest BCUT2D eigenvalue weighted by Gasteiger charge is -2.25. The molecule has 0 spiro atoms. The minimum atomic E-state index is -3.55. The van der Waals surface area contributed by atoms with E-state index in [0.29, 0.717) is 12.8 Å². The van der Waals surface area contributed by atoms with Crippen LogP contribution >= 0.6 is 0 Å². The van der Waals surface area contributed by atoms with E-state index in [9.17, 15) is 18.0 Å². The molecular weight excluding hydrogens is 280 g/mol. The largest absolute Gasteiger partial charge is 0.460 e. The number of hydrogen-bond donors (Lipinski definition) is 0. The van der Waals surface area contributed by atoms with Gasteiger partial charge in [0.15, 0.2) is 9.84 Å². The summed E-state index contributed by atoms with van der Waals surface area (Å²) in [6, 6.07) is 5.81. The Labute approximate surface area is 117 Å². The summed E-state index contributed by atoms with van der Waals surface area (Å²) in [6.45, 7) is 1.66. The van der Waals surface area contributed by atoms with Gasteiger partial charge in [0.25, 0.3) is 5.78 Å². The highest BCUT2D eigenvalue weighted by Crippen LogP contribution is 2.32. The van der Waals surface area contributed by atoms with Gasteiger partial charge in [0.2, 0.25) is 0 Å². The lowest BCUT2D eigenvalue weighted by molar-refractivity contribution is -0.137. The second kappa shape index (κ2) is 5.75. The molecule has 0 saturated heterocycles. The van der Waals surface area contributed by atoms with E-state index < -0.39 is 26.8 Å². The maximum absolute atomic E-state index is 12.4. The van der Waals surface area contributed by atoms with Crippen molar-refractivity contribution in [1.29, 1.82) is 0 Å². The molecule has 1 aromatic carbocycles. The standard InChI is InChI=1S/C14H16O5S/c1-2-19-14(16)13(15)11-8-3-4-9-12(11)20(17,18)10-6-5-7-10/h3-4,8-10H,2,5-7H2,1H3. The Morgan fingerprint density at radius 3 is 2.45 bits per heavy atom. The number of carbonyl (C=O) groups excluding carboxylic acids is 2. The van der Waals surface area contributed by atoms with Crippen molar-refractivity contribution < 1.29 is 22.7 Å². The van der Waals surface area contributed by atoms with Gasteiger partial charge in [0.1, 0.15) is 0 Å². The molecule has 0 amide bonds.